The van der Waals surface area contributed by atoms with Crippen molar-refractivity contribution in [2.45, 2.75) is 63.8 Å². The van der Waals surface area contributed by atoms with Crippen LogP contribution >= 0.6 is 0 Å². The third kappa shape index (κ3) is 6.43. The van der Waals surface area contributed by atoms with Gasteiger partial charge in [0.05, 0.1) is 27.0 Å². The molecule has 8 nitrogen and oxygen atoms in total. The van der Waals surface area contributed by atoms with E-state index >= 15 is 0 Å². The number of carbonyl (C=O) groups is 2. The van der Waals surface area contributed by atoms with E-state index in [9.17, 15) is 9.59 Å². The van der Waals surface area contributed by atoms with Crippen LogP contribution in [0.25, 0.3) is 0 Å². The number of benzene rings is 1. The van der Waals surface area contributed by atoms with Crippen molar-refractivity contribution < 1.29 is 23.8 Å². The summed E-state index contributed by atoms with van der Waals surface area (Å²) >= 11 is 0. The Balaban J connectivity index is 1.47. The van der Waals surface area contributed by atoms with Gasteiger partial charge in [0.25, 0.3) is 0 Å². The van der Waals surface area contributed by atoms with Crippen molar-refractivity contribution >= 4 is 17.6 Å². The first kappa shape index (κ1) is 24.0. The predicted molar refractivity (Wildman–Crippen MR) is 124 cm³/mol. The topological polar surface area (TPSA) is 89.1 Å². The molecule has 0 unspecified atom stereocenters. The highest BCUT2D eigenvalue weighted by molar-refractivity contribution is 5.90. The second kappa shape index (κ2) is 11.8. The molecule has 0 aromatic heterocycles. The largest absolute Gasteiger partial charge is 0.493 e. The van der Waals surface area contributed by atoms with Crippen molar-refractivity contribution in [3.05, 3.63) is 12.1 Å². The highest BCUT2D eigenvalue weighted by Crippen LogP contribution is 2.40. The number of likely N-dealkylation sites (tertiary alicyclic amines) is 1. The molecule has 1 aromatic rings. The first-order chi connectivity index (χ1) is 15.5. The minimum Gasteiger partial charge on any atom is -0.493 e. The third-order valence-corrected chi connectivity index (χ3v) is 6.51. The zero-order chi connectivity index (χ0) is 22.9. The summed E-state index contributed by atoms with van der Waals surface area (Å²) in [7, 11) is 4.62. The minimum atomic E-state index is -0.166. The minimum absolute atomic E-state index is 0.164. The normalized spacial score (nSPS) is 17.9. The molecule has 0 radical (unpaired) electrons. The van der Waals surface area contributed by atoms with Gasteiger partial charge in [-0.15, -0.1) is 0 Å². The molecule has 8 heteroatoms. The van der Waals surface area contributed by atoms with Crippen molar-refractivity contribution in [3.63, 3.8) is 0 Å². The Morgan fingerprint density at radius 3 is 2.03 bits per heavy atom. The van der Waals surface area contributed by atoms with Crippen molar-refractivity contribution in [2.24, 2.45) is 5.92 Å². The van der Waals surface area contributed by atoms with Crippen molar-refractivity contribution in [1.29, 1.82) is 0 Å². The predicted octanol–water partition coefficient (Wildman–Crippen LogP) is 4.19. The number of amides is 3. The number of urea groups is 1. The van der Waals surface area contributed by atoms with E-state index in [2.05, 4.69) is 10.6 Å². The van der Waals surface area contributed by atoms with E-state index < -0.39 is 0 Å². The summed E-state index contributed by atoms with van der Waals surface area (Å²) in [6.07, 6.45) is 9.41. The lowest BCUT2D eigenvalue weighted by atomic mass is 9.93. The quantitative estimate of drug-likeness (QED) is 0.612. The molecule has 0 bridgehead atoms. The molecule has 3 rings (SSSR count). The second-order valence-corrected chi connectivity index (χ2v) is 8.73. The summed E-state index contributed by atoms with van der Waals surface area (Å²) in [4.78, 5) is 27.0. The van der Waals surface area contributed by atoms with Gasteiger partial charge in [0.15, 0.2) is 11.5 Å². The molecular formula is C24H37N3O5. The number of hydrogen-bond acceptors (Lipinski definition) is 5. The number of methoxy groups -OCH3 is 3. The van der Waals surface area contributed by atoms with Crippen LogP contribution in [0, 0.1) is 5.92 Å². The molecule has 1 aliphatic heterocycles. The molecule has 2 fully saturated rings. The number of rotatable bonds is 7. The van der Waals surface area contributed by atoms with Gasteiger partial charge in [-0.3, -0.25) is 4.79 Å². The van der Waals surface area contributed by atoms with Crippen LogP contribution in [0.15, 0.2) is 12.1 Å². The molecule has 1 heterocycles. The fraction of sp³-hybridized carbons (Fsp3) is 0.667. The first-order valence-corrected chi connectivity index (χ1v) is 11.7. The Bertz CT molecular complexity index is 744. The van der Waals surface area contributed by atoms with E-state index in [4.69, 9.17) is 14.2 Å². The van der Waals surface area contributed by atoms with Gasteiger partial charge in [-0.25, -0.2) is 4.79 Å². The number of ether oxygens (including phenoxy) is 3. The molecule has 32 heavy (non-hydrogen) atoms. The summed E-state index contributed by atoms with van der Waals surface area (Å²) in [5.41, 5.74) is 0.578. The second-order valence-electron chi connectivity index (χ2n) is 8.73. The zero-order valence-corrected chi connectivity index (χ0v) is 19.6. The van der Waals surface area contributed by atoms with Crippen LogP contribution in [-0.4, -0.2) is 57.3 Å². The van der Waals surface area contributed by atoms with Crippen molar-refractivity contribution in [1.82, 2.24) is 10.2 Å². The molecule has 2 aliphatic rings. The van der Waals surface area contributed by atoms with Crippen LogP contribution in [0.5, 0.6) is 17.2 Å². The maximum Gasteiger partial charge on any atom is 0.321 e. The van der Waals surface area contributed by atoms with E-state index in [1.54, 1.807) is 38.4 Å². The van der Waals surface area contributed by atoms with Gasteiger partial charge in [0, 0.05) is 37.7 Å². The van der Waals surface area contributed by atoms with E-state index in [0.717, 1.165) is 25.7 Å². The third-order valence-electron chi connectivity index (χ3n) is 6.51. The molecule has 0 spiro atoms. The molecule has 1 saturated heterocycles. The molecule has 0 atom stereocenters. The van der Waals surface area contributed by atoms with Gasteiger partial charge < -0.3 is 29.7 Å². The van der Waals surface area contributed by atoms with Crippen LogP contribution in [0.3, 0.4) is 0 Å². The van der Waals surface area contributed by atoms with Crippen molar-refractivity contribution in [2.75, 3.05) is 39.7 Å². The lowest BCUT2D eigenvalue weighted by Crippen LogP contribution is -2.42. The first-order valence-electron chi connectivity index (χ1n) is 11.7. The number of anilines is 1. The molecule has 178 valence electrons. The van der Waals surface area contributed by atoms with Crippen LogP contribution in [0.4, 0.5) is 10.5 Å². The lowest BCUT2D eigenvalue weighted by molar-refractivity contribution is -0.123. The van der Waals surface area contributed by atoms with E-state index in [1.165, 1.54) is 25.7 Å². The highest BCUT2D eigenvalue weighted by Gasteiger charge is 2.26. The number of hydrogen-bond donors (Lipinski definition) is 2. The molecular weight excluding hydrogens is 410 g/mol. The standard InChI is InChI=1S/C24H37N3O5/c1-30-20-15-19(16-21(31-2)23(20)32-3)26-24(29)27-12-10-17(11-13-27)14-22(28)25-18-8-6-4-5-7-9-18/h15-18H,4-14H2,1-3H3,(H,25,28)(H,26,29). The summed E-state index contributed by atoms with van der Waals surface area (Å²) in [5.74, 6) is 1.94. The molecule has 1 saturated carbocycles. The maximum absolute atomic E-state index is 12.8. The van der Waals surface area contributed by atoms with Crippen LogP contribution in [0.2, 0.25) is 0 Å². The van der Waals surface area contributed by atoms with Gasteiger partial charge in [0.1, 0.15) is 0 Å². The number of nitrogens with zero attached hydrogens (tertiary/aromatic N) is 1. The van der Waals surface area contributed by atoms with E-state index in [0.29, 0.717) is 54.4 Å². The van der Waals surface area contributed by atoms with Crippen LogP contribution in [-0.2, 0) is 4.79 Å². The Hall–Kier alpha value is -2.64. The smallest absolute Gasteiger partial charge is 0.321 e. The Kier molecular flexibility index (Phi) is 8.88. The monoisotopic (exact) mass is 447 g/mol. The molecule has 1 aromatic carbocycles. The number of nitrogens with one attached hydrogen (secondary N) is 2. The average Bonchev–Trinajstić information content (AvgIpc) is 3.07. The highest BCUT2D eigenvalue weighted by atomic mass is 16.5. The maximum atomic E-state index is 12.8. The van der Waals surface area contributed by atoms with Gasteiger partial charge in [-0.1, -0.05) is 25.7 Å². The van der Waals surface area contributed by atoms with Crippen LogP contribution < -0.4 is 24.8 Å². The summed E-state index contributed by atoms with van der Waals surface area (Å²) in [6, 6.07) is 3.60. The molecule has 2 N–H and O–H groups in total. The average molecular weight is 448 g/mol. The van der Waals surface area contributed by atoms with E-state index in [1.807, 2.05) is 0 Å². The fourth-order valence-corrected chi connectivity index (χ4v) is 4.67. The van der Waals surface area contributed by atoms with E-state index in [-0.39, 0.29) is 11.9 Å². The lowest BCUT2D eigenvalue weighted by Gasteiger charge is -2.32. The van der Waals surface area contributed by atoms with Gasteiger partial charge in [-0.2, -0.15) is 0 Å². The number of piperidine rings is 1. The van der Waals surface area contributed by atoms with Crippen LogP contribution in [0.1, 0.15) is 57.8 Å². The summed E-state index contributed by atoms with van der Waals surface area (Å²) < 4.78 is 16.0. The molecule has 3 amide bonds. The Labute approximate surface area is 191 Å². The Morgan fingerprint density at radius 2 is 1.50 bits per heavy atom. The van der Waals surface area contributed by atoms with Crippen molar-refractivity contribution in [3.8, 4) is 17.2 Å². The van der Waals surface area contributed by atoms with Gasteiger partial charge >= 0.3 is 6.03 Å². The Morgan fingerprint density at radius 1 is 0.906 bits per heavy atom. The van der Waals surface area contributed by atoms with Gasteiger partial charge in [0.2, 0.25) is 11.7 Å². The number of carbonyl (C=O) groups excluding carboxylic acids is 2. The molecule has 1 aliphatic carbocycles. The fourth-order valence-electron chi connectivity index (χ4n) is 4.67. The van der Waals surface area contributed by atoms with Gasteiger partial charge in [-0.05, 0) is 31.6 Å². The summed E-state index contributed by atoms with van der Waals surface area (Å²) in [6.45, 7) is 1.27. The summed E-state index contributed by atoms with van der Waals surface area (Å²) in [5, 5.41) is 6.16. The zero-order valence-electron chi connectivity index (χ0n) is 19.6. The SMILES string of the molecule is COc1cc(NC(=O)N2CCC(CC(=O)NC3CCCCCC3)CC2)cc(OC)c1OC.